The van der Waals surface area contributed by atoms with Gasteiger partial charge in [-0.05, 0) is 20.4 Å². The van der Waals surface area contributed by atoms with Crippen LogP contribution in [0.1, 0.15) is 34.1 Å². The Morgan fingerprint density at radius 3 is 2.25 bits per heavy atom. The minimum Gasteiger partial charge on any atom is -0.316 e. The number of nitrogens with one attached hydrogen (secondary N) is 1. The van der Waals surface area contributed by atoms with Gasteiger partial charge in [0.2, 0.25) is 0 Å². The highest BCUT2D eigenvalue weighted by molar-refractivity contribution is 7.91. The van der Waals surface area contributed by atoms with Crippen molar-refractivity contribution in [3.05, 3.63) is 0 Å². The van der Waals surface area contributed by atoms with Gasteiger partial charge in [-0.1, -0.05) is 13.8 Å². The predicted octanol–water partition coefficient (Wildman–Crippen LogP) is 1.01. The number of sulfone groups is 1. The molecule has 0 radical (unpaired) electrons. The fraction of sp³-hybridized carbons (Fsp3) is 0.909. The third-order valence-electron chi connectivity index (χ3n) is 2.60. The van der Waals surface area contributed by atoms with Crippen molar-refractivity contribution in [3.8, 4) is 0 Å². The van der Waals surface area contributed by atoms with Crippen molar-refractivity contribution in [2.24, 2.45) is 5.92 Å². The van der Waals surface area contributed by atoms with E-state index in [0.717, 1.165) is 6.54 Å². The molecule has 96 valence electrons. The van der Waals surface area contributed by atoms with Crippen LogP contribution in [0.3, 0.4) is 0 Å². The monoisotopic (exact) mass is 249 g/mol. The highest BCUT2D eigenvalue weighted by Gasteiger charge is 2.20. The standard InChI is InChI=1S/C11H23NO3S/c1-5-12-8-10(4)11(13)6-7-16(14,15)9(2)3/h9-10,12H,5-8H2,1-4H3. The van der Waals surface area contributed by atoms with Gasteiger partial charge in [-0.15, -0.1) is 0 Å². The van der Waals surface area contributed by atoms with Crippen LogP contribution in [0, 0.1) is 5.92 Å². The topological polar surface area (TPSA) is 63.2 Å². The molecule has 0 heterocycles. The van der Waals surface area contributed by atoms with Gasteiger partial charge in [0, 0.05) is 18.9 Å². The van der Waals surface area contributed by atoms with E-state index in [0.29, 0.717) is 6.54 Å². The summed E-state index contributed by atoms with van der Waals surface area (Å²) in [5.41, 5.74) is 0. The number of hydrogen-bond donors (Lipinski definition) is 1. The van der Waals surface area contributed by atoms with Crippen molar-refractivity contribution in [2.45, 2.75) is 39.4 Å². The molecule has 0 aromatic heterocycles. The zero-order chi connectivity index (χ0) is 12.8. The molecule has 0 aliphatic heterocycles. The molecule has 1 unspecified atom stereocenters. The van der Waals surface area contributed by atoms with Gasteiger partial charge in [-0.3, -0.25) is 4.79 Å². The first kappa shape index (κ1) is 15.6. The molecule has 1 atom stereocenters. The smallest absolute Gasteiger partial charge is 0.153 e. The lowest BCUT2D eigenvalue weighted by Gasteiger charge is -2.11. The van der Waals surface area contributed by atoms with Crippen LogP contribution in [-0.2, 0) is 14.6 Å². The molecule has 0 aromatic carbocycles. The lowest BCUT2D eigenvalue weighted by molar-refractivity contribution is -0.121. The molecule has 0 saturated heterocycles. The second kappa shape index (κ2) is 7.01. The third-order valence-corrected chi connectivity index (χ3v) is 4.81. The largest absolute Gasteiger partial charge is 0.316 e. The van der Waals surface area contributed by atoms with Crippen molar-refractivity contribution >= 4 is 15.6 Å². The van der Waals surface area contributed by atoms with Gasteiger partial charge in [0.15, 0.2) is 9.84 Å². The molecule has 0 aliphatic rings. The van der Waals surface area contributed by atoms with E-state index in [-0.39, 0.29) is 23.9 Å². The van der Waals surface area contributed by atoms with E-state index in [2.05, 4.69) is 5.32 Å². The highest BCUT2D eigenvalue weighted by atomic mass is 32.2. The van der Waals surface area contributed by atoms with Crippen molar-refractivity contribution < 1.29 is 13.2 Å². The molecule has 0 fully saturated rings. The summed E-state index contributed by atoms with van der Waals surface area (Å²) in [6.07, 6.45) is 0.132. The molecular weight excluding hydrogens is 226 g/mol. The maximum atomic E-state index is 11.6. The van der Waals surface area contributed by atoms with E-state index >= 15 is 0 Å². The average Bonchev–Trinajstić information content (AvgIpc) is 2.22. The molecule has 16 heavy (non-hydrogen) atoms. The van der Waals surface area contributed by atoms with Gasteiger partial charge in [0.05, 0.1) is 11.0 Å². The maximum absolute atomic E-state index is 11.6. The van der Waals surface area contributed by atoms with E-state index in [1.807, 2.05) is 13.8 Å². The van der Waals surface area contributed by atoms with Crippen molar-refractivity contribution in [3.63, 3.8) is 0 Å². The Bertz CT molecular complexity index is 309. The van der Waals surface area contributed by atoms with Crippen LogP contribution in [0.5, 0.6) is 0 Å². The van der Waals surface area contributed by atoms with E-state index in [1.54, 1.807) is 13.8 Å². The molecule has 1 N–H and O–H groups in total. The number of ketones is 1. The Hall–Kier alpha value is -0.420. The van der Waals surface area contributed by atoms with Gasteiger partial charge in [-0.2, -0.15) is 0 Å². The Labute approximate surface area is 98.7 Å². The fourth-order valence-electron chi connectivity index (χ4n) is 1.20. The summed E-state index contributed by atoms with van der Waals surface area (Å²) in [5.74, 6) is -0.118. The summed E-state index contributed by atoms with van der Waals surface area (Å²) in [4.78, 5) is 11.6. The molecule has 0 aliphatic carbocycles. The lowest BCUT2D eigenvalue weighted by Crippen LogP contribution is -2.28. The van der Waals surface area contributed by atoms with Crippen LogP contribution in [-0.4, -0.2) is 38.3 Å². The van der Waals surface area contributed by atoms with Gasteiger partial charge in [-0.25, -0.2) is 8.42 Å². The summed E-state index contributed by atoms with van der Waals surface area (Å²) in [6, 6.07) is 0. The molecule has 0 saturated carbocycles. The van der Waals surface area contributed by atoms with Crippen LogP contribution in [0.15, 0.2) is 0 Å². The van der Waals surface area contributed by atoms with E-state index in [4.69, 9.17) is 0 Å². The first-order chi connectivity index (χ1) is 7.31. The predicted molar refractivity (Wildman–Crippen MR) is 66.3 cm³/mol. The zero-order valence-corrected chi connectivity index (χ0v) is 11.4. The molecular formula is C11H23NO3S. The van der Waals surface area contributed by atoms with E-state index in [9.17, 15) is 13.2 Å². The van der Waals surface area contributed by atoms with Crippen molar-refractivity contribution in [2.75, 3.05) is 18.8 Å². The summed E-state index contributed by atoms with van der Waals surface area (Å²) in [5, 5.41) is 2.68. The van der Waals surface area contributed by atoms with Crippen LogP contribution < -0.4 is 5.32 Å². The van der Waals surface area contributed by atoms with Gasteiger partial charge in [0.25, 0.3) is 0 Å². The summed E-state index contributed by atoms with van der Waals surface area (Å²) >= 11 is 0. The Balaban J connectivity index is 4.07. The molecule has 0 aromatic rings. The highest BCUT2D eigenvalue weighted by Crippen LogP contribution is 2.06. The Morgan fingerprint density at radius 1 is 1.25 bits per heavy atom. The van der Waals surface area contributed by atoms with Gasteiger partial charge < -0.3 is 5.32 Å². The second-order valence-corrected chi connectivity index (χ2v) is 7.02. The maximum Gasteiger partial charge on any atom is 0.153 e. The van der Waals surface area contributed by atoms with E-state index in [1.165, 1.54) is 0 Å². The Morgan fingerprint density at radius 2 is 1.81 bits per heavy atom. The molecule has 5 heteroatoms. The van der Waals surface area contributed by atoms with Crippen LogP contribution in [0.25, 0.3) is 0 Å². The quantitative estimate of drug-likeness (QED) is 0.697. The van der Waals surface area contributed by atoms with Crippen molar-refractivity contribution in [1.82, 2.24) is 5.32 Å². The molecule has 0 rings (SSSR count). The van der Waals surface area contributed by atoms with Gasteiger partial charge in [0.1, 0.15) is 5.78 Å². The number of hydrogen-bond acceptors (Lipinski definition) is 4. The van der Waals surface area contributed by atoms with Crippen LogP contribution in [0.4, 0.5) is 0 Å². The fourth-order valence-corrected chi connectivity index (χ4v) is 2.16. The lowest BCUT2D eigenvalue weighted by atomic mass is 10.1. The molecule has 4 nitrogen and oxygen atoms in total. The summed E-state index contributed by atoms with van der Waals surface area (Å²) in [7, 11) is -3.09. The number of rotatable bonds is 8. The minimum absolute atomic E-state index is 0.0187. The first-order valence-corrected chi connectivity index (χ1v) is 7.47. The second-order valence-electron chi connectivity index (χ2n) is 4.34. The average molecular weight is 249 g/mol. The Kier molecular flexibility index (Phi) is 6.83. The first-order valence-electron chi connectivity index (χ1n) is 5.76. The molecule has 0 amide bonds. The molecule has 0 spiro atoms. The summed E-state index contributed by atoms with van der Waals surface area (Å²) < 4.78 is 23.0. The normalized spacial score (nSPS) is 14.1. The van der Waals surface area contributed by atoms with Gasteiger partial charge >= 0.3 is 0 Å². The summed E-state index contributed by atoms with van der Waals surface area (Å²) in [6.45, 7) is 8.52. The van der Waals surface area contributed by atoms with Crippen molar-refractivity contribution in [1.29, 1.82) is 0 Å². The number of carbonyl (C=O) groups is 1. The SMILES string of the molecule is CCNCC(C)C(=O)CCS(=O)(=O)C(C)C. The molecule has 0 bridgehead atoms. The third kappa shape index (κ3) is 5.61. The number of Topliss-reactive ketones (excluding diaryl/α,β-unsaturated/α-hetero) is 1. The number of carbonyl (C=O) groups excluding carboxylic acids is 1. The van der Waals surface area contributed by atoms with Crippen LogP contribution >= 0.6 is 0 Å². The minimum atomic E-state index is -3.09. The van der Waals surface area contributed by atoms with Crippen LogP contribution in [0.2, 0.25) is 0 Å². The van der Waals surface area contributed by atoms with E-state index < -0.39 is 15.1 Å². The zero-order valence-electron chi connectivity index (χ0n) is 10.6.